The minimum Gasteiger partial charge on any atom is -0.327 e. The summed E-state index contributed by atoms with van der Waals surface area (Å²) in [6.45, 7) is 0.740. The van der Waals surface area contributed by atoms with E-state index < -0.39 is 0 Å². The molecule has 0 unspecified atom stereocenters. The van der Waals surface area contributed by atoms with E-state index in [0.717, 1.165) is 30.0 Å². The van der Waals surface area contributed by atoms with E-state index in [9.17, 15) is 4.39 Å². The van der Waals surface area contributed by atoms with Crippen molar-refractivity contribution in [1.82, 2.24) is 19.3 Å². The Labute approximate surface area is 120 Å². The molecule has 6 heteroatoms. The molecule has 0 fully saturated rings. The van der Waals surface area contributed by atoms with Crippen molar-refractivity contribution < 1.29 is 4.39 Å². The average molecular weight is 293 g/mol. The van der Waals surface area contributed by atoms with Crippen molar-refractivity contribution in [2.24, 2.45) is 7.05 Å². The van der Waals surface area contributed by atoms with E-state index in [0.29, 0.717) is 11.4 Å². The third-order valence-corrected chi connectivity index (χ3v) is 3.66. The lowest BCUT2D eigenvalue weighted by molar-refractivity contribution is 0.627. The average Bonchev–Trinajstić information content (AvgIpc) is 2.99. The fraction of sp³-hybridized carbons (Fsp3) is 0.286. The molecule has 0 radical (unpaired) electrons. The summed E-state index contributed by atoms with van der Waals surface area (Å²) in [6, 6.07) is 6.62. The Hall–Kier alpha value is -1.88. The zero-order chi connectivity index (χ0) is 14.1. The third-order valence-electron chi connectivity index (χ3n) is 3.42. The first-order valence-corrected chi connectivity index (χ1v) is 6.90. The molecule has 0 aliphatic heterocycles. The van der Waals surface area contributed by atoms with Gasteiger partial charge in [0.25, 0.3) is 0 Å². The molecule has 20 heavy (non-hydrogen) atoms. The monoisotopic (exact) mass is 292 g/mol. The normalized spacial score (nSPS) is 11.3. The maximum atomic E-state index is 13.2. The van der Waals surface area contributed by atoms with Gasteiger partial charge in [0, 0.05) is 38.0 Å². The van der Waals surface area contributed by atoms with Crippen molar-refractivity contribution in [1.29, 1.82) is 0 Å². The van der Waals surface area contributed by atoms with Crippen LogP contribution < -0.4 is 0 Å². The van der Waals surface area contributed by atoms with Crippen molar-refractivity contribution >= 4 is 22.6 Å². The van der Waals surface area contributed by atoms with Crippen LogP contribution in [0.15, 0.2) is 30.5 Å². The lowest BCUT2D eigenvalue weighted by atomic mass is 10.2. The van der Waals surface area contributed by atoms with Crippen molar-refractivity contribution in [2.75, 3.05) is 0 Å². The highest BCUT2D eigenvalue weighted by molar-refractivity contribution is 6.16. The van der Waals surface area contributed by atoms with Crippen molar-refractivity contribution in [3.05, 3.63) is 47.8 Å². The minimum absolute atomic E-state index is 0.282. The molecule has 0 saturated carbocycles. The molecule has 0 bridgehead atoms. The summed E-state index contributed by atoms with van der Waals surface area (Å²) in [4.78, 5) is 4.38. The molecule has 1 aromatic carbocycles. The van der Waals surface area contributed by atoms with Crippen molar-refractivity contribution in [2.45, 2.75) is 18.8 Å². The lowest BCUT2D eigenvalue weighted by Crippen LogP contribution is -2.08. The first-order valence-electron chi connectivity index (χ1n) is 6.36. The largest absolute Gasteiger partial charge is 0.327 e. The third kappa shape index (κ3) is 2.29. The topological polar surface area (TPSA) is 35.6 Å². The summed E-state index contributed by atoms with van der Waals surface area (Å²) < 4.78 is 17.1. The van der Waals surface area contributed by atoms with Crippen LogP contribution in [0.5, 0.6) is 0 Å². The van der Waals surface area contributed by atoms with Gasteiger partial charge in [-0.3, -0.25) is 4.68 Å². The van der Waals surface area contributed by atoms with Gasteiger partial charge in [0.15, 0.2) is 0 Å². The molecule has 4 nitrogen and oxygen atoms in total. The minimum atomic E-state index is -0.282. The van der Waals surface area contributed by atoms with Gasteiger partial charge < -0.3 is 4.57 Å². The number of alkyl halides is 1. The molecule has 0 atom stereocenters. The molecule has 104 valence electrons. The van der Waals surface area contributed by atoms with Crippen LogP contribution in [0.1, 0.15) is 11.5 Å². The van der Waals surface area contributed by atoms with E-state index in [1.165, 1.54) is 12.1 Å². The number of imidazole rings is 1. The lowest BCUT2D eigenvalue weighted by Gasteiger charge is -2.08. The summed E-state index contributed by atoms with van der Waals surface area (Å²) in [7, 11) is 1.92. The SMILES string of the molecule is Cn1nccc1CCn1c(CCl)nc2cc(F)ccc21. The second-order valence-corrected chi connectivity index (χ2v) is 4.91. The van der Waals surface area contributed by atoms with Gasteiger partial charge in [-0.05, 0) is 18.2 Å². The Morgan fingerprint density at radius 1 is 1.30 bits per heavy atom. The first kappa shape index (κ1) is 13.1. The van der Waals surface area contributed by atoms with E-state index in [2.05, 4.69) is 10.1 Å². The number of hydrogen-bond donors (Lipinski definition) is 0. The highest BCUT2D eigenvalue weighted by Gasteiger charge is 2.11. The molecular weight excluding hydrogens is 279 g/mol. The number of rotatable bonds is 4. The van der Waals surface area contributed by atoms with E-state index >= 15 is 0 Å². The zero-order valence-electron chi connectivity index (χ0n) is 11.1. The van der Waals surface area contributed by atoms with Gasteiger partial charge in [-0.15, -0.1) is 11.6 Å². The van der Waals surface area contributed by atoms with Crippen molar-refractivity contribution in [3.8, 4) is 0 Å². The summed E-state index contributed by atoms with van der Waals surface area (Å²) in [5.74, 6) is 0.783. The molecule has 2 heterocycles. The number of aryl methyl sites for hydroxylation is 3. The van der Waals surface area contributed by atoms with Gasteiger partial charge >= 0.3 is 0 Å². The van der Waals surface area contributed by atoms with Crippen LogP contribution in [-0.2, 0) is 25.9 Å². The fourth-order valence-electron chi connectivity index (χ4n) is 2.38. The molecule has 0 spiro atoms. The van der Waals surface area contributed by atoms with Gasteiger partial charge in [0.05, 0.1) is 16.9 Å². The predicted octanol–water partition coefficient (Wildman–Crippen LogP) is 2.89. The van der Waals surface area contributed by atoms with E-state index in [-0.39, 0.29) is 5.82 Å². The van der Waals surface area contributed by atoms with Crippen LogP contribution in [0.4, 0.5) is 4.39 Å². The summed E-state index contributed by atoms with van der Waals surface area (Å²) in [5, 5.41) is 4.15. The Bertz CT molecular complexity index is 747. The fourth-order valence-corrected chi connectivity index (χ4v) is 2.58. The zero-order valence-corrected chi connectivity index (χ0v) is 11.8. The molecule has 0 saturated heterocycles. The summed E-state index contributed by atoms with van der Waals surface area (Å²) in [6.07, 6.45) is 2.60. The molecule has 2 aromatic heterocycles. The van der Waals surface area contributed by atoms with Crippen LogP contribution in [0, 0.1) is 5.82 Å². The Morgan fingerprint density at radius 2 is 2.15 bits per heavy atom. The predicted molar refractivity (Wildman–Crippen MR) is 76.2 cm³/mol. The number of hydrogen-bond acceptors (Lipinski definition) is 2. The molecule has 3 aromatic rings. The second-order valence-electron chi connectivity index (χ2n) is 4.64. The second kappa shape index (κ2) is 5.25. The van der Waals surface area contributed by atoms with Gasteiger partial charge in [-0.25, -0.2) is 9.37 Å². The molecule has 3 rings (SSSR count). The summed E-state index contributed by atoms with van der Waals surface area (Å²) >= 11 is 5.94. The molecule has 0 amide bonds. The van der Waals surface area contributed by atoms with Gasteiger partial charge in [0.2, 0.25) is 0 Å². The van der Waals surface area contributed by atoms with Gasteiger partial charge in [-0.2, -0.15) is 5.10 Å². The Kier molecular flexibility index (Phi) is 3.44. The quantitative estimate of drug-likeness (QED) is 0.693. The highest BCUT2D eigenvalue weighted by atomic mass is 35.5. The van der Waals surface area contributed by atoms with Crippen LogP contribution in [0.25, 0.3) is 11.0 Å². The molecular formula is C14H14ClFN4. The number of nitrogens with zero attached hydrogens (tertiary/aromatic N) is 4. The van der Waals surface area contributed by atoms with Crippen LogP contribution in [0.3, 0.4) is 0 Å². The smallest absolute Gasteiger partial charge is 0.125 e. The standard InChI is InChI=1S/C14H14ClFN4/c1-19-11(4-6-17-19)5-7-20-13-3-2-10(16)8-12(13)18-14(20)9-15/h2-4,6,8H,5,7,9H2,1H3. The van der Waals surface area contributed by atoms with Gasteiger partial charge in [0.1, 0.15) is 11.6 Å². The number of halogens is 2. The first-order chi connectivity index (χ1) is 9.69. The van der Waals surface area contributed by atoms with Crippen LogP contribution >= 0.6 is 11.6 Å². The van der Waals surface area contributed by atoms with Crippen molar-refractivity contribution in [3.63, 3.8) is 0 Å². The molecule has 0 aliphatic carbocycles. The number of benzene rings is 1. The van der Waals surface area contributed by atoms with Gasteiger partial charge in [-0.1, -0.05) is 0 Å². The Balaban J connectivity index is 1.95. The maximum Gasteiger partial charge on any atom is 0.125 e. The number of fused-ring (bicyclic) bond motifs is 1. The van der Waals surface area contributed by atoms with Crippen LogP contribution in [-0.4, -0.2) is 19.3 Å². The maximum absolute atomic E-state index is 13.2. The molecule has 0 N–H and O–H groups in total. The highest BCUT2D eigenvalue weighted by Crippen LogP contribution is 2.19. The van der Waals surface area contributed by atoms with E-state index in [1.807, 2.05) is 22.4 Å². The molecule has 0 aliphatic rings. The van der Waals surface area contributed by atoms with E-state index in [4.69, 9.17) is 11.6 Å². The van der Waals surface area contributed by atoms with E-state index in [1.54, 1.807) is 12.3 Å². The Morgan fingerprint density at radius 3 is 2.85 bits per heavy atom. The number of aromatic nitrogens is 4. The van der Waals surface area contributed by atoms with Crippen LogP contribution in [0.2, 0.25) is 0 Å². The summed E-state index contributed by atoms with van der Waals surface area (Å²) in [5.41, 5.74) is 2.68.